The molecule has 29 heavy (non-hydrogen) atoms. The monoisotopic (exact) mass is 450 g/mol. The Hall–Kier alpha value is -1.23. The van der Waals surface area contributed by atoms with Gasteiger partial charge in [-0.1, -0.05) is 26.0 Å². The van der Waals surface area contributed by atoms with Crippen LogP contribution in [-0.2, 0) is 25.7 Å². The maximum absolute atomic E-state index is 15.7. The predicted molar refractivity (Wildman–Crippen MR) is 112 cm³/mol. The number of ether oxygens (including phenoxy) is 1. The second-order valence-corrected chi connectivity index (χ2v) is 11.1. The summed E-state index contributed by atoms with van der Waals surface area (Å²) in [7, 11) is -6.78. The van der Waals surface area contributed by atoms with Gasteiger partial charge in [0.2, 0.25) is 20.0 Å². The minimum absolute atomic E-state index is 0.0195. The van der Waals surface area contributed by atoms with E-state index in [4.69, 9.17) is 4.74 Å². The van der Waals surface area contributed by atoms with Gasteiger partial charge in [-0.25, -0.2) is 30.7 Å². The average Bonchev–Trinajstić information content (AvgIpc) is 3.00. The predicted octanol–water partition coefficient (Wildman–Crippen LogP) is 2.44. The first-order valence-electron chi connectivity index (χ1n) is 10.0. The van der Waals surface area contributed by atoms with Crippen LogP contribution in [0.2, 0.25) is 0 Å². The maximum Gasteiger partial charge on any atom is 0.211 e. The smallest absolute Gasteiger partial charge is 0.211 e. The zero-order chi connectivity index (χ0) is 21.5. The Morgan fingerprint density at radius 3 is 2.31 bits per heavy atom. The van der Waals surface area contributed by atoms with Crippen LogP contribution >= 0.6 is 0 Å². The lowest BCUT2D eigenvalue weighted by molar-refractivity contribution is 0.142. The molecule has 2 rings (SSSR count). The lowest BCUT2D eigenvalue weighted by Crippen LogP contribution is -2.45. The summed E-state index contributed by atoms with van der Waals surface area (Å²) < 4.78 is 73.5. The quantitative estimate of drug-likeness (QED) is 0.476. The van der Waals surface area contributed by atoms with Crippen molar-refractivity contribution in [2.75, 3.05) is 24.7 Å². The van der Waals surface area contributed by atoms with Crippen LogP contribution in [0.5, 0.6) is 5.75 Å². The zero-order valence-corrected chi connectivity index (χ0v) is 18.6. The first-order valence-corrected chi connectivity index (χ1v) is 13.3. The van der Waals surface area contributed by atoms with E-state index in [1.807, 2.05) is 0 Å². The molecule has 0 aliphatic heterocycles. The number of hydrogen-bond donors (Lipinski definition) is 2. The average molecular weight is 451 g/mol. The molecular weight excluding hydrogens is 419 g/mol. The highest BCUT2D eigenvalue weighted by Crippen LogP contribution is 2.43. The Balaban J connectivity index is 1.96. The van der Waals surface area contributed by atoms with Crippen LogP contribution in [0.25, 0.3) is 0 Å². The third-order valence-electron chi connectivity index (χ3n) is 4.88. The molecule has 2 unspecified atom stereocenters. The molecule has 0 heterocycles. The first kappa shape index (κ1) is 24.0. The molecule has 1 saturated carbocycles. The summed E-state index contributed by atoms with van der Waals surface area (Å²) in [6.45, 7) is 3.86. The van der Waals surface area contributed by atoms with Crippen molar-refractivity contribution in [1.29, 1.82) is 0 Å². The van der Waals surface area contributed by atoms with Gasteiger partial charge in [0.25, 0.3) is 0 Å². The van der Waals surface area contributed by atoms with Crippen molar-refractivity contribution in [1.82, 2.24) is 9.44 Å². The second kappa shape index (κ2) is 10.2. The van der Waals surface area contributed by atoms with E-state index in [0.717, 1.165) is 0 Å². The van der Waals surface area contributed by atoms with Crippen molar-refractivity contribution in [2.45, 2.75) is 57.7 Å². The van der Waals surface area contributed by atoms with E-state index < -0.39 is 31.8 Å². The highest BCUT2D eigenvalue weighted by Gasteiger charge is 2.46. The number of sulfonamides is 2. The van der Waals surface area contributed by atoms with E-state index in [0.29, 0.717) is 37.0 Å². The molecule has 10 heteroatoms. The first-order chi connectivity index (χ1) is 13.6. The van der Waals surface area contributed by atoms with Crippen LogP contribution in [0.3, 0.4) is 0 Å². The Labute approximate surface area is 173 Å². The lowest BCUT2D eigenvalue weighted by atomic mass is 9.91. The number of alkyl halides is 1. The topological polar surface area (TPSA) is 102 Å². The zero-order valence-electron chi connectivity index (χ0n) is 17.0. The molecule has 166 valence electrons. The van der Waals surface area contributed by atoms with E-state index in [9.17, 15) is 16.8 Å². The Kier molecular flexibility index (Phi) is 8.45. The van der Waals surface area contributed by atoms with Gasteiger partial charge in [0.15, 0.2) is 5.67 Å². The molecular formula is C19H31FN2O5S2. The summed E-state index contributed by atoms with van der Waals surface area (Å²) in [5, 5.41) is 0. The third kappa shape index (κ3) is 6.91. The van der Waals surface area contributed by atoms with Gasteiger partial charge in [-0.05, 0) is 49.8 Å². The van der Waals surface area contributed by atoms with Gasteiger partial charge < -0.3 is 4.74 Å². The molecule has 1 aromatic carbocycles. The second-order valence-electron chi connectivity index (χ2n) is 7.33. The van der Waals surface area contributed by atoms with Crippen molar-refractivity contribution in [3.8, 4) is 5.75 Å². The molecule has 0 spiro atoms. The molecule has 2 N–H and O–H groups in total. The van der Waals surface area contributed by atoms with Crippen molar-refractivity contribution in [3.05, 3.63) is 29.8 Å². The van der Waals surface area contributed by atoms with Crippen LogP contribution in [0.15, 0.2) is 24.3 Å². The largest absolute Gasteiger partial charge is 0.492 e. The number of nitrogens with one attached hydrogen (secondary N) is 2. The van der Waals surface area contributed by atoms with E-state index in [1.165, 1.54) is 0 Å². The molecule has 1 aliphatic rings. The summed E-state index contributed by atoms with van der Waals surface area (Å²) in [6.07, 6.45) is 2.33. The molecule has 1 aliphatic carbocycles. The normalized spacial score (nSPS) is 22.7. The summed E-state index contributed by atoms with van der Waals surface area (Å²) >= 11 is 0. The molecule has 0 aromatic heterocycles. The fraction of sp³-hybridized carbons (Fsp3) is 0.684. The van der Waals surface area contributed by atoms with Gasteiger partial charge >= 0.3 is 0 Å². The van der Waals surface area contributed by atoms with Gasteiger partial charge in [0.1, 0.15) is 12.4 Å². The van der Waals surface area contributed by atoms with Crippen molar-refractivity contribution in [3.63, 3.8) is 0 Å². The molecule has 1 fully saturated rings. The summed E-state index contributed by atoms with van der Waals surface area (Å²) in [4.78, 5) is 0. The summed E-state index contributed by atoms with van der Waals surface area (Å²) in [5.74, 6) is 0.547. The minimum Gasteiger partial charge on any atom is -0.492 e. The molecule has 7 nitrogen and oxygen atoms in total. The van der Waals surface area contributed by atoms with Gasteiger partial charge in [-0.3, -0.25) is 0 Å². The molecule has 1 aromatic rings. The van der Waals surface area contributed by atoms with E-state index in [1.54, 1.807) is 38.1 Å². The SMILES string of the molecule is CCCS(=O)(=O)NCCOc1ccc(C2(F)CCCC2NS(=O)(=O)CCC)cc1. The van der Waals surface area contributed by atoms with Crippen LogP contribution < -0.4 is 14.2 Å². The summed E-state index contributed by atoms with van der Waals surface area (Å²) in [5.41, 5.74) is -1.34. The van der Waals surface area contributed by atoms with E-state index in [2.05, 4.69) is 9.44 Å². The van der Waals surface area contributed by atoms with Crippen LogP contribution in [-0.4, -0.2) is 47.5 Å². The molecule has 0 bridgehead atoms. The van der Waals surface area contributed by atoms with Gasteiger partial charge in [0.05, 0.1) is 17.5 Å². The fourth-order valence-electron chi connectivity index (χ4n) is 3.54. The number of halogens is 1. The minimum atomic E-state index is -3.50. The van der Waals surface area contributed by atoms with Crippen LogP contribution in [0.1, 0.15) is 51.5 Å². The molecule has 0 saturated heterocycles. The lowest BCUT2D eigenvalue weighted by Gasteiger charge is -2.28. The van der Waals surface area contributed by atoms with Crippen LogP contribution in [0.4, 0.5) is 4.39 Å². The van der Waals surface area contributed by atoms with Crippen molar-refractivity contribution < 1.29 is 26.0 Å². The Morgan fingerprint density at radius 2 is 1.69 bits per heavy atom. The van der Waals surface area contributed by atoms with Crippen LogP contribution in [0, 0.1) is 0 Å². The molecule has 2 atom stereocenters. The highest BCUT2D eigenvalue weighted by atomic mass is 32.2. The Bertz CT molecular complexity index is 859. The standard InChI is InChI=1S/C19H31FN2O5S2/c1-3-14-28(23,24)21-12-13-27-17-9-7-16(8-10-17)19(20)11-5-6-18(19)22-29(25,26)15-4-2/h7-10,18,21-22H,3-6,11-15H2,1-2H3. The van der Waals surface area contributed by atoms with E-state index in [-0.39, 0.29) is 31.1 Å². The van der Waals surface area contributed by atoms with Gasteiger partial charge in [-0.2, -0.15) is 0 Å². The van der Waals surface area contributed by atoms with E-state index >= 15 is 4.39 Å². The summed E-state index contributed by atoms with van der Waals surface area (Å²) in [6, 6.07) is 5.66. The number of benzene rings is 1. The van der Waals surface area contributed by atoms with Gasteiger partial charge in [0, 0.05) is 6.54 Å². The molecule has 0 radical (unpaired) electrons. The fourth-order valence-corrected chi connectivity index (χ4v) is 6.01. The number of rotatable bonds is 12. The van der Waals surface area contributed by atoms with Crippen molar-refractivity contribution >= 4 is 20.0 Å². The third-order valence-corrected chi connectivity index (χ3v) is 8.06. The van der Waals surface area contributed by atoms with Gasteiger partial charge in [-0.15, -0.1) is 0 Å². The molecule has 0 amide bonds. The highest BCUT2D eigenvalue weighted by molar-refractivity contribution is 7.89. The Morgan fingerprint density at radius 1 is 1.07 bits per heavy atom. The van der Waals surface area contributed by atoms with Crippen molar-refractivity contribution in [2.24, 2.45) is 0 Å². The number of hydrogen-bond acceptors (Lipinski definition) is 5. The maximum atomic E-state index is 15.7.